The predicted molar refractivity (Wildman–Crippen MR) is 88.0 cm³/mol. The zero-order chi connectivity index (χ0) is 15.4. The molecular formula is C18H23ClO3. The Bertz CT molecular complexity index is 525. The van der Waals surface area contributed by atoms with E-state index in [9.17, 15) is 5.11 Å². The van der Waals surface area contributed by atoms with Crippen LogP contribution < -0.4 is 0 Å². The maximum Gasteiger partial charge on any atom is 0.184 e. The van der Waals surface area contributed by atoms with Crippen molar-refractivity contribution in [1.82, 2.24) is 0 Å². The smallest absolute Gasteiger partial charge is 0.184 e. The summed E-state index contributed by atoms with van der Waals surface area (Å²) in [5.74, 6) is 0. The molecule has 0 bridgehead atoms. The second kappa shape index (κ2) is 7.49. The van der Waals surface area contributed by atoms with Crippen LogP contribution in [0.2, 0.25) is 0 Å². The van der Waals surface area contributed by atoms with E-state index in [2.05, 4.69) is 12.1 Å². The molecule has 2 fully saturated rings. The lowest BCUT2D eigenvalue weighted by Crippen LogP contribution is -2.18. The van der Waals surface area contributed by atoms with Gasteiger partial charge in [-0.3, -0.25) is 0 Å². The Hall–Kier alpha value is -1.03. The molecule has 2 saturated heterocycles. The van der Waals surface area contributed by atoms with Crippen LogP contribution in [0, 0.1) is 0 Å². The lowest BCUT2D eigenvalue weighted by Gasteiger charge is -2.30. The van der Waals surface area contributed by atoms with Crippen LogP contribution in [0.3, 0.4) is 0 Å². The molecule has 2 aliphatic heterocycles. The third kappa shape index (κ3) is 3.83. The van der Waals surface area contributed by atoms with Gasteiger partial charge in [-0.25, -0.2) is 0 Å². The highest BCUT2D eigenvalue weighted by atomic mass is 35.5. The molecule has 0 radical (unpaired) electrons. The second-order valence-electron chi connectivity index (χ2n) is 6.07. The Labute approximate surface area is 136 Å². The van der Waals surface area contributed by atoms with Crippen molar-refractivity contribution in [3.8, 4) is 0 Å². The highest BCUT2D eigenvalue weighted by Gasteiger charge is 2.25. The molecule has 2 unspecified atom stereocenters. The molecule has 0 aromatic heterocycles. The molecular weight excluding hydrogens is 300 g/mol. The molecule has 3 rings (SSSR count). The first-order valence-electron chi connectivity index (χ1n) is 8.17. The van der Waals surface area contributed by atoms with Crippen LogP contribution in [0.15, 0.2) is 23.4 Å². The Morgan fingerprint density at radius 1 is 1.00 bits per heavy atom. The van der Waals surface area contributed by atoms with E-state index in [4.69, 9.17) is 21.1 Å². The SMILES string of the molecule is OC(Cl)=Cc1ccc(C2CCCCO2)c(C2CCCCO2)c1. The van der Waals surface area contributed by atoms with Gasteiger partial charge in [-0.2, -0.15) is 0 Å². The van der Waals surface area contributed by atoms with Crippen molar-refractivity contribution in [1.29, 1.82) is 0 Å². The van der Waals surface area contributed by atoms with Crippen LogP contribution >= 0.6 is 11.6 Å². The molecule has 0 spiro atoms. The van der Waals surface area contributed by atoms with Crippen molar-refractivity contribution in [2.45, 2.75) is 50.7 Å². The van der Waals surface area contributed by atoms with Gasteiger partial charge in [-0.1, -0.05) is 12.1 Å². The Kier molecular flexibility index (Phi) is 5.40. The summed E-state index contributed by atoms with van der Waals surface area (Å²) in [7, 11) is 0. The van der Waals surface area contributed by atoms with Gasteiger partial charge < -0.3 is 14.6 Å². The van der Waals surface area contributed by atoms with E-state index in [-0.39, 0.29) is 17.4 Å². The fourth-order valence-electron chi connectivity index (χ4n) is 3.36. The topological polar surface area (TPSA) is 38.7 Å². The van der Waals surface area contributed by atoms with Gasteiger partial charge in [-0.05, 0) is 79.0 Å². The summed E-state index contributed by atoms with van der Waals surface area (Å²) in [4.78, 5) is 0. The number of rotatable bonds is 3. The van der Waals surface area contributed by atoms with Crippen LogP contribution in [0.25, 0.3) is 6.08 Å². The molecule has 120 valence electrons. The largest absolute Gasteiger partial charge is 0.499 e. The number of aliphatic hydroxyl groups excluding tert-OH is 1. The van der Waals surface area contributed by atoms with E-state index in [1.165, 1.54) is 24.0 Å². The Balaban J connectivity index is 1.94. The highest BCUT2D eigenvalue weighted by molar-refractivity contribution is 6.29. The van der Waals surface area contributed by atoms with Crippen molar-refractivity contribution < 1.29 is 14.6 Å². The highest BCUT2D eigenvalue weighted by Crippen LogP contribution is 2.37. The fraction of sp³-hybridized carbons (Fsp3) is 0.556. The van der Waals surface area contributed by atoms with Gasteiger partial charge in [0.15, 0.2) is 5.22 Å². The molecule has 0 saturated carbocycles. The van der Waals surface area contributed by atoms with E-state index in [0.29, 0.717) is 0 Å². The number of hydrogen-bond acceptors (Lipinski definition) is 3. The summed E-state index contributed by atoms with van der Waals surface area (Å²) in [6.45, 7) is 1.65. The van der Waals surface area contributed by atoms with E-state index in [1.807, 2.05) is 6.07 Å². The first kappa shape index (κ1) is 15.9. The lowest BCUT2D eigenvalue weighted by molar-refractivity contribution is -0.000537. The summed E-state index contributed by atoms with van der Waals surface area (Å²) in [6, 6.07) is 6.18. The molecule has 2 atom stereocenters. The van der Waals surface area contributed by atoms with Gasteiger partial charge in [0.25, 0.3) is 0 Å². The summed E-state index contributed by atoms with van der Waals surface area (Å²) in [6.07, 6.45) is 8.64. The standard InChI is InChI=1S/C18H23ClO3/c19-18(20)12-13-7-8-14(16-5-1-3-9-21-16)15(11-13)17-6-2-4-10-22-17/h7-8,11-12,16-17,20H,1-6,9-10H2. The molecule has 3 nitrogen and oxygen atoms in total. The molecule has 2 heterocycles. The molecule has 1 aromatic rings. The monoisotopic (exact) mass is 322 g/mol. The zero-order valence-corrected chi connectivity index (χ0v) is 13.5. The molecule has 1 aromatic carbocycles. The predicted octanol–water partition coefficient (Wildman–Crippen LogP) is 5.27. The Morgan fingerprint density at radius 3 is 2.18 bits per heavy atom. The van der Waals surface area contributed by atoms with E-state index in [0.717, 1.165) is 44.5 Å². The third-order valence-corrected chi connectivity index (χ3v) is 4.56. The molecule has 0 aliphatic carbocycles. The van der Waals surface area contributed by atoms with E-state index < -0.39 is 0 Å². The van der Waals surface area contributed by atoms with E-state index in [1.54, 1.807) is 6.08 Å². The van der Waals surface area contributed by atoms with Gasteiger partial charge in [0.1, 0.15) is 0 Å². The number of halogens is 1. The third-order valence-electron chi connectivity index (χ3n) is 4.45. The fourth-order valence-corrected chi connectivity index (χ4v) is 3.49. The quantitative estimate of drug-likeness (QED) is 0.771. The molecule has 2 aliphatic rings. The zero-order valence-electron chi connectivity index (χ0n) is 12.8. The van der Waals surface area contributed by atoms with Gasteiger partial charge in [0.2, 0.25) is 0 Å². The average molecular weight is 323 g/mol. The Morgan fingerprint density at radius 2 is 1.64 bits per heavy atom. The summed E-state index contributed by atoms with van der Waals surface area (Å²) < 4.78 is 12.0. The minimum Gasteiger partial charge on any atom is -0.499 e. The van der Waals surface area contributed by atoms with Crippen molar-refractivity contribution in [3.05, 3.63) is 40.1 Å². The average Bonchev–Trinajstić information content (AvgIpc) is 2.56. The summed E-state index contributed by atoms with van der Waals surface area (Å²) in [5, 5.41) is 9.10. The minimum absolute atomic E-state index is 0.125. The second-order valence-corrected chi connectivity index (χ2v) is 6.45. The van der Waals surface area contributed by atoms with Crippen molar-refractivity contribution in [2.24, 2.45) is 0 Å². The first-order chi connectivity index (χ1) is 10.7. The van der Waals surface area contributed by atoms with Gasteiger partial charge in [0.05, 0.1) is 12.2 Å². The number of hydrogen-bond donors (Lipinski definition) is 1. The lowest BCUT2D eigenvalue weighted by atomic mass is 9.90. The van der Waals surface area contributed by atoms with Crippen LogP contribution in [0.4, 0.5) is 0 Å². The van der Waals surface area contributed by atoms with Gasteiger partial charge in [0, 0.05) is 13.2 Å². The molecule has 1 N–H and O–H groups in total. The van der Waals surface area contributed by atoms with Crippen LogP contribution in [-0.2, 0) is 9.47 Å². The van der Waals surface area contributed by atoms with Crippen molar-refractivity contribution in [2.75, 3.05) is 13.2 Å². The molecule has 0 amide bonds. The van der Waals surface area contributed by atoms with Crippen LogP contribution in [0.5, 0.6) is 0 Å². The maximum atomic E-state index is 9.30. The van der Waals surface area contributed by atoms with Crippen molar-refractivity contribution in [3.63, 3.8) is 0 Å². The molecule has 22 heavy (non-hydrogen) atoms. The minimum atomic E-state index is -0.197. The number of aliphatic hydroxyl groups is 1. The van der Waals surface area contributed by atoms with Crippen LogP contribution in [0.1, 0.15) is 67.4 Å². The van der Waals surface area contributed by atoms with Crippen molar-refractivity contribution >= 4 is 17.7 Å². The molecule has 4 heteroatoms. The normalized spacial score (nSPS) is 26.9. The van der Waals surface area contributed by atoms with Crippen LogP contribution in [-0.4, -0.2) is 18.3 Å². The summed E-state index contributed by atoms with van der Waals surface area (Å²) >= 11 is 5.60. The maximum absolute atomic E-state index is 9.30. The number of ether oxygens (including phenoxy) is 2. The first-order valence-corrected chi connectivity index (χ1v) is 8.55. The number of benzene rings is 1. The van der Waals surface area contributed by atoms with Gasteiger partial charge >= 0.3 is 0 Å². The summed E-state index contributed by atoms with van der Waals surface area (Å²) in [5.41, 5.74) is 3.33. The van der Waals surface area contributed by atoms with E-state index >= 15 is 0 Å². The van der Waals surface area contributed by atoms with Gasteiger partial charge in [-0.15, -0.1) is 0 Å².